The number of hydrogen-bond acceptors (Lipinski definition) is 3. The second kappa shape index (κ2) is 6.94. The summed E-state index contributed by atoms with van der Waals surface area (Å²) in [6.45, 7) is 0.615. The minimum absolute atomic E-state index is 0.189. The summed E-state index contributed by atoms with van der Waals surface area (Å²) in [5.41, 5.74) is 1.85. The molecular formula is C17H20N2O2S. The molecule has 3 rings (SSSR count). The van der Waals surface area contributed by atoms with Crippen molar-refractivity contribution in [1.29, 1.82) is 0 Å². The van der Waals surface area contributed by atoms with Crippen LogP contribution in [0.4, 0.5) is 10.5 Å². The van der Waals surface area contributed by atoms with E-state index in [4.69, 9.17) is 0 Å². The summed E-state index contributed by atoms with van der Waals surface area (Å²) in [7, 11) is 0. The van der Waals surface area contributed by atoms with Crippen molar-refractivity contribution in [1.82, 2.24) is 5.32 Å². The van der Waals surface area contributed by atoms with E-state index < -0.39 is 0 Å². The number of amides is 2. The zero-order chi connectivity index (χ0) is 15.4. The number of aliphatic hydroxyl groups is 1. The van der Waals surface area contributed by atoms with Crippen LogP contribution in [-0.2, 0) is 0 Å². The van der Waals surface area contributed by atoms with Gasteiger partial charge in [0.1, 0.15) is 0 Å². The molecule has 0 saturated heterocycles. The molecule has 0 spiro atoms. The molecule has 1 fully saturated rings. The van der Waals surface area contributed by atoms with E-state index in [0.29, 0.717) is 12.5 Å². The second-order valence-corrected chi connectivity index (χ2v) is 6.64. The first-order chi connectivity index (χ1) is 10.7. The van der Waals surface area contributed by atoms with Gasteiger partial charge in [0, 0.05) is 17.0 Å². The molecule has 1 aliphatic rings. The Balaban J connectivity index is 1.60. The number of hydrogen-bond donors (Lipinski definition) is 3. The summed E-state index contributed by atoms with van der Waals surface area (Å²) in [6, 6.07) is 11.7. The standard InChI is InChI=1S/C17H20N2O2S/c20-13-8-7-12(10-13)11-18-17(21)19-15-5-2-1-4-14(15)16-6-3-9-22-16/h1-6,9,12-13,20H,7-8,10-11H2,(H2,18,19,21). The Bertz CT molecular complexity index is 627. The molecule has 1 aromatic heterocycles. The van der Waals surface area contributed by atoms with Crippen molar-refractivity contribution < 1.29 is 9.90 Å². The van der Waals surface area contributed by atoms with Crippen LogP contribution < -0.4 is 10.6 Å². The van der Waals surface area contributed by atoms with Gasteiger partial charge >= 0.3 is 6.03 Å². The zero-order valence-corrected chi connectivity index (χ0v) is 13.1. The first-order valence-electron chi connectivity index (χ1n) is 7.58. The predicted molar refractivity (Wildman–Crippen MR) is 90.1 cm³/mol. The van der Waals surface area contributed by atoms with Crippen LogP contribution in [-0.4, -0.2) is 23.8 Å². The van der Waals surface area contributed by atoms with Crippen LogP contribution in [0.25, 0.3) is 10.4 Å². The van der Waals surface area contributed by atoms with E-state index in [2.05, 4.69) is 10.6 Å². The molecule has 2 unspecified atom stereocenters. The van der Waals surface area contributed by atoms with Crippen LogP contribution in [0.5, 0.6) is 0 Å². The van der Waals surface area contributed by atoms with E-state index in [1.807, 2.05) is 41.8 Å². The Morgan fingerprint density at radius 1 is 1.23 bits per heavy atom. The average molecular weight is 316 g/mol. The van der Waals surface area contributed by atoms with Crippen LogP contribution in [0.1, 0.15) is 19.3 Å². The third kappa shape index (κ3) is 3.67. The summed E-state index contributed by atoms with van der Waals surface area (Å²) in [5, 5.41) is 17.4. The summed E-state index contributed by atoms with van der Waals surface area (Å²) in [6.07, 6.45) is 2.41. The van der Waals surface area contributed by atoms with Gasteiger partial charge in [-0.15, -0.1) is 11.3 Å². The molecule has 1 aromatic carbocycles. The van der Waals surface area contributed by atoms with Crippen molar-refractivity contribution in [2.24, 2.45) is 5.92 Å². The normalized spacial score (nSPS) is 20.8. The highest BCUT2D eigenvalue weighted by atomic mass is 32.1. The molecule has 2 atom stereocenters. The minimum Gasteiger partial charge on any atom is -0.393 e. The first kappa shape index (κ1) is 15.1. The lowest BCUT2D eigenvalue weighted by Gasteiger charge is -2.13. The van der Waals surface area contributed by atoms with Crippen LogP contribution in [0, 0.1) is 5.92 Å². The van der Waals surface area contributed by atoms with E-state index in [9.17, 15) is 9.90 Å². The van der Waals surface area contributed by atoms with Crippen LogP contribution >= 0.6 is 11.3 Å². The largest absolute Gasteiger partial charge is 0.393 e. The van der Waals surface area contributed by atoms with E-state index in [0.717, 1.165) is 35.4 Å². The van der Waals surface area contributed by atoms with Crippen LogP contribution in [0.15, 0.2) is 41.8 Å². The summed E-state index contributed by atoms with van der Waals surface area (Å²) >= 11 is 1.65. The lowest BCUT2D eigenvalue weighted by molar-refractivity contribution is 0.177. The molecule has 1 saturated carbocycles. The van der Waals surface area contributed by atoms with Crippen LogP contribution in [0.3, 0.4) is 0 Å². The van der Waals surface area contributed by atoms with E-state index >= 15 is 0 Å². The smallest absolute Gasteiger partial charge is 0.319 e. The molecule has 5 heteroatoms. The molecule has 2 aromatic rings. The van der Waals surface area contributed by atoms with Crippen molar-refractivity contribution in [3.05, 3.63) is 41.8 Å². The van der Waals surface area contributed by atoms with Gasteiger partial charge in [-0.25, -0.2) is 4.79 Å². The highest BCUT2D eigenvalue weighted by Gasteiger charge is 2.23. The Kier molecular flexibility index (Phi) is 4.75. The molecule has 1 heterocycles. The zero-order valence-electron chi connectivity index (χ0n) is 12.3. The van der Waals surface area contributed by atoms with Gasteiger partial charge in [0.05, 0.1) is 11.8 Å². The SMILES string of the molecule is O=C(NCC1CCC(O)C1)Nc1ccccc1-c1cccs1. The lowest BCUT2D eigenvalue weighted by Crippen LogP contribution is -2.32. The third-order valence-corrected chi connectivity index (χ3v) is 4.93. The number of thiophene rings is 1. The van der Waals surface area contributed by atoms with Crippen molar-refractivity contribution >= 4 is 23.1 Å². The number of rotatable bonds is 4. The van der Waals surface area contributed by atoms with Gasteiger partial charge in [-0.05, 0) is 42.7 Å². The summed E-state index contributed by atoms with van der Waals surface area (Å²) in [5.74, 6) is 0.383. The molecular weight excluding hydrogens is 296 g/mol. The number of carbonyl (C=O) groups is 1. The van der Waals surface area contributed by atoms with Gasteiger partial charge in [0.25, 0.3) is 0 Å². The maximum absolute atomic E-state index is 12.1. The van der Waals surface area contributed by atoms with Crippen LogP contribution in [0.2, 0.25) is 0 Å². The minimum atomic E-state index is -0.200. The molecule has 1 aliphatic carbocycles. The van der Waals surface area contributed by atoms with Gasteiger partial charge in [-0.2, -0.15) is 0 Å². The molecule has 0 aliphatic heterocycles. The number of aliphatic hydroxyl groups excluding tert-OH is 1. The third-order valence-electron chi connectivity index (χ3n) is 4.03. The molecule has 116 valence electrons. The molecule has 0 bridgehead atoms. The fourth-order valence-electron chi connectivity index (χ4n) is 2.88. The maximum atomic E-state index is 12.1. The van der Waals surface area contributed by atoms with Crippen molar-refractivity contribution in [3.8, 4) is 10.4 Å². The topological polar surface area (TPSA) is 61.4 Å². The summed E-state index contributed by atoms with van der Waals surface area (Å²) in [4.78, 5) is 13.2. The Morgan fingerprint density at radius 3 is 2.82 bits per heavy atom. The number of para-hydroxylation sites is 1. The Morgan fingerprint density at radius 2 is 2.09 bits per heavy atom. The number of anilines is 1. The first-order valence-corrected chi connectivity index (χ1v) is 8.46. The van der Waals surface area contributed by atoms with Gasteiger partial charge < -0.3 is 15.7 Å². The maximum Gasteiger partial charge on any atom is 0.319 e. The molecule has 2 amide bonds. The number of carbonyl (C=O) groups excluding carboxylic acids is 1. The monoisotopic (exact) mass is 316 g/mol. The van der Waals surface area contributed by atoms with Gasteiger partial charge in [0.2, 0.25) is 0 Å². The fraction of sp³-hybridized carbons (Fsp3) is 0.353. The molecule has 22 heavy (non-hydrogen) atoms. The molecule has 4 nitrogen and oxygen atoms in total. The molecule has 3 N–H and O–H groups in total. The van der Waals surface area contributed by atoms with Gasteiger partial charge in [-0.3, -0.25) is 0 Å². The summed E-state index contributed by atoms with van der Waals surface area (Å²) < 4.78 is 0. The van der Waals surface area contributed by atoms with Gasteiger partial charge in [-0.1, -0.05) is 24.3 Å². The Hall–Kier alpha value is -1.85. The van der Waals surface area contributed by atoms with Gasteiger partial charge in [0.15, 0.2) is 0 Å². The predicted octanol–water partition coefficient (Wildman–Crippen LogP) is 3.70. The number of urea groups is 1. The Labute approximate surface area is 134 Å². The van der Waals surface area contributed by atoms with Crippen molar-refractivity contribution in [2.45, 2.75) is 25.4 Å². The fourth-order valence-corrected chi connectivity index (χ4v) is 3.64. The second-order valence-electron chi connectivity index (χ2n) is 5.69. The highest BCUT2D eigenvalue weighted by Crippen LogP contribution is 2.31. The number of nitrogens with one attached hydrogen (secondary N) is 2. The number of benzene rings is 1. The highest BCUT2D eigenvalue weighted by molar-refractivity contribution is 7.13. The van der Waals surface area contributed by atoms with Crippen molar-refractivity contribution in [3.63, 3.8) is 0 Å². The lowest BCUT2D eigenvalue weighted by atomic mass is 10.1. The van der Waals surface area contributed by atoms with Crippen molar-refractivity contribution in [2.75, 3.05) is 11.9 Å². The molecule has 0 radical (unpaired) electrons. The average Bonchev–Trinajstić information content (AvgIpc) is 3.17. The van der Waals surface area contributed by atoms with E-state index in [-0.39, 0.29) is 12.1 Å². The quantitative estimate of drug-likeness (QED) is 0.805. The van der Waals surface area contributed by atoms with E-state index in [1.54, 1.807) is 11.3 Å². The van der Waals surface area contributed by atoms with E-state index in [1.165, 1.54) is 0 Å².